The van der Waals surface area contributed by atoms with Gasteiger partial charge in [-0.05, 0) is 80.9 Å². The highest BCUT2D eigenvalue weighted by Crippen LogP contribution is 2.49. The summed E-state index contributed by atoms with van der Waals surface area (Å²) in [6, 6.07) is 76.9. The van der Waals surface area contributed by atoms with E-state index in [0.29, 0.717) is 0 Å². The predicted octanol–water partition coefficient (Wildman–Crippen LogP) is 16.7. The van der Waals surface area contributed by atoms with Gasteiger partial charge in [0.2, 0.25) is 0 Å². The highest BCUT2D eigenvalue weighted by atomic mass is 32.1. The largest absolute Gasteiger partial charge is 0.455 e. The summed E-state index contributed by atoms with van der Waals surface area (Å²) in [4.78, 5) is 2.43. The Morgan fingerprint density at radius 3 is 1.78 bits per heavy atom. The first-order chi connectivity index (χ1) is 29.3. The molecule has 0 aliphatic carbocycles. The Kier molecular flexibility index (Phi) is 7.75. The van der Waals surface area contributed by atoms with Gasteiger partial charge in [0.1, 0.15) is 11.2 Å². The van der Waals surface area contributed by atoms with Gasteiger partial charge in [-0.3, -0.25) is 0 Å². The van der Waals surface area contributed by atoms with Gasteiger partial charge < -0.3 is 9.32 Å². The monoisotopic (exact) mass is 769 g/mol. The molecule has 0 amide bonds. The lowest BCUT2D eigenvalue weighted by Gasteiger charge is -2.29. The maximum atomic E-state index is 6.75. The molecule has 0 fully saturated rings. The fraction of sp³-hybridized carbons (Fsp3) is 0. The number of nitrogens with zero attached hydrogens (tertiary/aromatic N) is 1. The molecule has 12 aromatic rings. The van der Waals surface area contributed by atoms with E-state index in [4.69, 9.17) is 4.42 Å². The third-order valence-corrected chi connectivity index (χ3v) is 13.1. The van der Waals surface area contributed by atoms with Gasteiger partial charge in [0.05, 0.1) is 16.8 Å². The second-order valence-electron chi connectivity index (χ2n) is 15.2. The Morgan fingerprint density at radius 2 is 0.932 bits per heavy atom. The summed E-state index contributed by atoms with van der Waals surface area (Å²) in [7, 11) is 0. The van der Waals surface area contributed by atoms with Crippen LogP contribution in [0.3, 0.4) is 0 Å². The molecule has 0 aliphatic rings. The van der Waals surface area contributed by atoms with Crippen LogP contribution in [0.2, 0.25) is 0 Å². The van der Waals surface area contributed by atoms with Crippen molar-refractivity contribution in [2.24, 2.45) is 0 Å². The second kappa shape index (κ2) is 13.6. The molecule has 0 unspecified atom stereocenters. The molecule has 10 aromatic carbocycles. The van der Waals surface area contributed by atoms with E-state index in [9.17, 15) is 0 Å². The molecule has 0 saturated heterocycles. The third-order valence-electron chi connectivity index (χ3n) is 11.9. The number of hydrogen-bond acceptors (Lipinski definition) is 3. The van der Waals surface area contributed by atoms with Crippen LogP contribution in [0.5, 0.6) is 0 Å². The highest BCUT2D eigenvalue weighted by molar-refractivity contribution is 7.26. The Hall–Kier alpha value is -7.46. The van der Waals surface area contributed by atoms with E-state index in [-0.39, 0.29) is 0 Å². The zero-order valence-corrected chi connectivity index (χ0v) is 32.8. The Morgan fingerprint density at radius 1 is 0.356 bits per heavy atom. The summed E-state index contributed by atoms with van der Waals surface area (Å²) in [6.45, 7) is 0. The summed E-state index contributed by atoms with van der Waals surface area (Å²) in [6.07, 6.45) is 0. The van der Waals surface area contributed by atoms with Gasteiger partial charge in [0.15, 0.2) is 0 Å². The van der Waals surface area contributed by atoms with E-state index < -0.39 is 0 Å². The standard InChI is InChI=1S/C56H35NOS/c1-3-15-42-38(12-1)14-9-19-43(42)40-28-26-36(27-29-40)37-30-33-41(34-31-37)57(51-23-11-24-52-54(51)49-35-32-39-13-2-4-16-44(39)55(49)58-52)50-22-7-5-17-45(50)47-20-10-21-48-46-18-6-8-25-53(46)59-56(47)48/h1-35H. The van der Waals surface area contributed by atoms with Crippen molar-refractivity contribution in [1.82, 2.24) is 0 Å². The molecule has 2 heterocycles. The Labute approximate surface area is 345 Å². The van der Waals surface area contributed by atoms with Crippen LogP contribution in [-0.4, -0.2) is 0 Å². The number of furan rings is 1. The molecular formula is C56H35NOS. The summed E-state index contributed by atoms with van der Waals surface area (Å²) in [5, 5.41) is 9.59. The average molecular weight is 770 g/mol. The lowest BCUT2D eigenvalue weighted by Crippen LogP contribution is -2.11. The Balaban J connectivity index is 1.03. The summed E-state index contributed by atoms with van der Waals surface area (Å²) >= 11 is 1.87. The van der Waals surface area contributed by atoms with Crippen LogP contribution >= 0.6 is 11.3 Å². The minimum Gasteiger partial charge on any atom is -0.455 e. The van der Waals surface area contributed by atoms with E-state index >= 15 is 0 Å². The first kappa shape index (κ1) is 33.7. The number of benzene rings is 10. The van der Waals surface area contributed by atoms with Crippen LogP contribution in [0.4, 0.5) is 17.1 Å². The molecule has 2 nitrogen and oxygen atoms in total. The lowest BCUT2D eigenvalue weighted by atomic mass is 9.96. The van der Waals surface area contributed by atoms with E-state index in [0.717, 1.165) is 44.4 Å². The van der Waals surface area contributed by atoms with Gasteiger partial charge in [0.25, 0.3) is 0 Å². The highest BCUT2D eigenvalue weighted by Gasteiger charge is 2.24. The van der Waals surface area contributed by atoms with E-state index in [1.54, 1.807) is 0 Å². The molecular weight excluding hydrogens is 735 g/mol. The number of thiophene rings is 1. The van der Waals surface area contributed by atoms with Gasteiger partial charge >= 0.3 is 0 Å². The molecule has 0 radical (unpaired) electrons. The van der Waals surface area contributed by atoms with Crippen molar-refractivity contribution in [1.29, 1.82) is 0 Å². The molecule has 12 rings (SSSR count). The molecule has 0 spiro atoms. The van der Waals surface area contributed by atoms with Gasteiger partial charge in [-0.25, -0.2) is 0 Å². The quantitative estimate of drug-likeness (QED) is 0.167. The molecule has 3 heteroatoms. The number of anilines is 3. The molecule has 0 saturated carbocycles. The normalized spacial score (nSPS) is 11.7. The van der Waals surface area contributed by atoms with Gasteiger partial charge in [0, 0.05) is 47.8 Å². The molecule has 59 heavy (non-hydrogen) atoms. The van der Waals surface area contributed by atoms with Crippen LogP contribution in [-0.2, 0) is 0 Å². The zero-order valence-electron chi connectivity index (χ0n) is 32.0. The average Bonchev–Trinajstić information content (AvgIpc) is 3.89. The van der Waals surface area contributed by atoms with Crippen LogP contribution < -0.4 is 4.90 Å². The van der Waals surface area contributed by atoms with Crippen molar-refractivity contribution >= 4 is 92.1 Å². The predicted molar refractivity (Wildman–Crippen MR) is 253 cm³/mol. The molecule has 0 atom stereocenters. The Bertz CT molecular complexity index is 3550. The van der Waals surface area contributed by atoms with Gasteiger partial charge in [-0.15, -0.1) is 11.3 Å². The lowest BCUT2D eigenvalue weighted by molar-refractivity contribution is 0.672. The zero-order chi connectivity index (χ0) is 38.9. The smallest absolute Gasteiger partial charge is 0.143 e. The first-order valence-electron chi connectivity index (χ1n) is 20.1. The van der Waals surface area contributed by atoms with Crippen molar-refractivity contribution in [2.75, 3.05) is 4.90 Å². The van der Waals surface area contributed by atoms with E-state index in [1.165, 1.54) is 69.7 Å². The van der Waals surface area contributed by atoms with Gasteiger partial charge in [-0.1, -0.05) is 170 Å². The molecule has 0 aliphatic heterocycles. The van der Waals surface area contributed by atoms with Crippen molar-refractivity contribution in [2.45, 2.75) is 0 Å². The van der Waals surface area contributed by atoms with Crippen molar-refractivity contribution < 1.29 is 4.42 Å². The maximum Gasteiger partial charge on any atom is 0.143 e. The molecule has 276 valence electrons. The second-order valence-corrected chi connectivity index (χ2v) is 16.3. The maximum absolute atomic E-state index is 6.75. The number of para-hydroxylation sites is 1. The van der Waals surface area contributed by atoms with E-state index in [2.05, 4.69) is 217 Å². The topological polar surface area (TPSA) is 16.4 Å². The fourth-order valence-electron chi connectivity index (χ4n) is 9.11. The summed E-state index contributed by atoms with van der Waals surface area (Å²) in [5.74, 6) is 0. The number of hydrogen-bond donors (Lipinski definition) is 0. The van der Waals surface area contributed by atoms with Crippen LogP contribution in [0.15, 0.2) is 217 Å². The minimum absolute atomic E-state index is 0.867. The van der Waals surface area contributed by atoms with E-state index in [1.807, 2.05) is 11.3 Å². The number of fused-ring (bicyclic) bond motifs is 9. The van der Waals surface area contributed by atoms with Crippen LogP contribution in [0.25, 0.3) is 97.0 Å². The van der Waals surface area contributed by atoms with Crippen LogP contribution in [0.1, 0.15) is 0 Å². The minimum atomic E-state index is 0.867. The molecule has 0 N–H and O–H groups in total. The number of rotatable bonds is 6. The third kappa shape index (κ3) is 5.47. The van der Waals surface area contributed by atoms with Crippen molar-refractivity contribution in [3.63, 3.8) is 0 Å². The van der Waals surface area contributed by atoms with Crippen molar-refractivity contribution in [3.8, 4) is 33.4 Å². The van der Waals surface area contributed by atoms with Gasteiger partial charge in [-0.2, -0.15) is 0 Å². The van der Waals surface area contributed by atoms with Crippen molar-refractivity contribution in [3.05, 3.63) is 212 Å². The summed E-state index contributed by atoms with van der Waals surface area (Å²) in [5.41, 5.74) is 12.2. The molecule has 2 aromatic heterocycles. The summed E-state index contributed by atoms with van der Waals surface area (Å²) < 4.78 is 9.34. The fourth-order valence-corrected chi connectivity index (χ4v) is 10.3. The van der Waals surface area contributed by atoms with Crippen LogP contribution in [0, 0.1) is 0 Å². The molecule has 0 bridgehead atoms. The first-order valence-corrected chi connectivity index (χ1v) is 20.9. The SMILES string of the molecule is c1ccc(N(c2ccc(-c3ccc(-c4cccc5ccccc45)cc3)cc2)c2cccc3oc4c5ccccc5ccc4c23)c(-c2cccc3c2sc2ccccc23)c1.